The van der Waals surface area contributed by atoms with Crippen molar-refractivity contribution in [2.45, 2.75) is 39.5 Å². The molecule has 0 saturated heterocycles. The van der Waals surface area contributed by atoms with E-state index in [-0.39, 0.29) is 17.0 Å². The maximum Gasteiger partial charge on any atom is 0.343 e. The molecule has 4 rings (SSSR count). The first-order valence-corrected chi connectivity index (χ1v) is 10.7. The highest BCUT2D eigenvalue weighted by Gasteiger charge is 2.28. The Kier molecular flexibility index (Phi) is 5.70. The van der Waals surface area contributed by atoms with Crippen LogP contribution in [0.25, 0.3) is 6.08 Å². The van der Waals surface area contributed by atoms with Gasteiger partial charge >= 0.3 is 5.97 Å². The van der Waals surface area contributed by atoms with Gasteiger partial charge in [0.1, 0.15) is 11.5 Å². The molecule has 0 spiro atoms. The Morgan fingerprint density at radius 2 is 1.66 bits per heavy atom. The van der Waals surface area contributed by atoms with Crippen molar-refractivity contribution in [1.82, 2.24) is 0 Å². The molecule has 0 N–H and O–H groups in total. The number of Topliss-reactive ketones (excluding diaryl/α,β-unsaturated/α-hetero) is 1. The monoisotopic (exact) mass is 426 g/mol. The predicted molar refractivity (Wildman–Crippen MR) is 125 cm³/mol. The van der Waals surface area contributed by atoms with Crippen molar-refractivity contribution in [3.8, 4) is 11.5 Å². The number of hydrogen-bond donors (Lipinski definition) is 0. The summed E-state index contributed by atoms with van der Waals surface area (Å²) in [6, 6.07) is 20.2. The molecule has 0 saturated carbocycles. The molecule has 1 heterocycles. The van der Waals surface area contributed by atoms with Crippen LogP contribution in [-0.2, 0) is 11.8 Å². The van der Waals surface area contributed by atoms with Crippen LogP contribution in [0.2, 0.25) is 0 Å². The fourth-order valence-corrected chi connectivity index (χ4v) is 3.50. The third kappa shape index (κ3) is 4.50. The van der Waals surface area contributed by atoms with Crippen LogP contribution in [-0.4, -0.2) is 11.8 Å². The standard InChI is InChI=1S/C28H26O4/c1-5-18-6-8-19(9-7-18)16-25-26(29)23-15-14-22(17-24(23)32-25)31-27(30)20-10-12-21(13-11-20)28(2,3)4/h6-17H,5H2,1-4H3. The fourth-order valence-electron chi connectivity index (χ4n) is 3.50. The van der Waals surface area contributed by atoms with Crippen LogP contribution in [0, 0.1) is 0 Å². The SMILES string of the molecule is CCc1ccc(C=C2Oc3cc(OC(=O)c4ccc(C(C)(C)C)cc4)ccc3C2=O)cc1. The van der Waals surface area contributed by atoms with Crippen LogP contribution < -0.4 is 9.47 Å². The zero-order valence-electron chi connectivity index (χ0n) is 18.8. The smallest absolute Gasteiger partial charge is 0.343 e. The van der Waals surface area contributed by atoms with Gasteiger partial charge in [-0.25, -0.2) is 4.79 Å². The van der Waals surface area contributed by atoms with Crippen LogP contribution in [0.15, 0.2) is 72.5 Å². The summed E-state index contributed by atoms with van der Waals surface area (Å²) in [6.07, 6.45) is 2.68. The molecule has 4 nitrogen and oxygen atoms in total. The average Bonchev–Trinajstić information content (AvgIpc) is 3.08. The second-order valence-electron chi connectivity index (χ2n) is 8.91. The van der Waals surface area contributed by atoms with Gasteiger partial charge in [-0.1, -0.05) is 64.1 Å². The van der Waals surface area contributed by atoms with Crippen molar-refractivity contribution in [3.63, 3.8) is 0 Å². The maximum absolute atomic E-state index is 12.7. The molecule has 3 aromatic rings. The van der Waals surface area contributed by atoms with Gasteiger partial charge in [-0.05, 0) is 58.9 Å². The number of esters is 1. The van der Waals surface area contributed by atoms with Gasteiger partial charge in [0.25, 0.3) is 0 Å². The average molecular weight is 427 g/mol. The normalized spacial score (nSPS) is 14.2. The van der Waals surface area contributed by atoms with Crippen molar-refractivity contribution >= 4 is 17.8 Å². The minimum absolute atomic E-state index is 0.00949. The van der Waals surface area contributed by atoms with E-state index < -0.39 is 5.97 Å². The van der Waals surface area contributed by atoms with Crippen molar-refractivity contribution in [2.75, 3.05) is 0 Å². The van der Waals surface area contributed by atoms with E-state index in [1.807, 2.05) is 36.4 Å². The minimum atomic E-state index is -0.457. The Hall–Kier alpha value is -3.66. The van der Waals surface area contributed by atoms with Gasteiger partial charge in [0.15, 0.2) is 5.76 Å². The molecule has 0 aliphatic carbocycles. The van der Waals surface area contributed by atoms with Crippen LogP contribution in [0.3, 0.4) is 0 Å². The van der Waals surface area contributed by atoms with Gasteiger partial charge in [0.2, 0.25) is 5.78 Å². The van der Waals surface area contributed by atoms with Crippen molar-refractivity contribution in [1.29, 1.82) is 0 Å². The first-order chi connectivity index (χ1) is 15.2. The first-order valence-electron chi connectivity index (χ1n) is 10.7. The molecular weight excluding hydrogens is 400 g/mol. The number of hydrogen-bond acceptors (Lipinski definition) is 4. The fraction of sp³-hybridized carbons (Fsp3) is 0.214. The molecule has 0 fully saturated rings. The van der Waals surface area contributed by atoms with E-state index in [4.69, 9.17) is 9.47 Å². The third-order valence-corrected chi connectivity index (χ3v) is 5.52. The van der Waals surface area contributed by atoms with E-state index >= 15 is 0 Å². The number of rotatable bonds is 4. The van der Waals surface area contributed by atoms with Crippen LogP contribution in [0.4, 0.5) is 0 Å². The highest BCUT2D eigenvalue weighted by Crippen LogP contribution is 2.35. The number of fused-ring (bicyclic) bond motifs is 1. The number of carbonyl (C=O) groups excluding carboxylic acids is 2. The van der Waals surface area contributed by atoms with Gasteiger partial charge in [0, 0.05) is 6.07 Å². The Balaban J connectivity index is 1.49. The lowest BCUT2D eigenvalue weighted by molar-refractivity contribution is 0.0734. The van der Waals surface area contributed by atoms with E-state index in [0.717, 1.165) is 17.5 Å². The molecule has 0 unspecified atom stereocenters. The maximum atomic E-state index is 12.7. The Bertz CT molecular complexity index is 1190. The second-order valence-corrected chi connectivity index (χ2v) is 8.91. The molecular formula is C28H26O4. The molecule has 0 bridgehead atoms. The third-order valence-electron chi connectivity index (χ3n) is 5.52. The van der Waals surface area contributed by atoms with E-state index in [0.29, 0.717) is 22.6 Å². The lowest BCUT2D eigenvalue weighted by Gasteiger charge is -2.18. The van der Waals surface area contributed by atoms with Crippen molar-refractivity contribution in [2.24, 2.45) is 0 Å². The molecule has 0 aromatic heterocycles. The number of ether oxygens (including phenoxy) is 2. The van der Waals surface area contributed by atoms with E-state index in [1.165, 1.54) is 5.56 Å². The number of benzene rings is 3. The summed E-state index contributed by atoms with van der Waals surface area (Å²) in [5.41, 5.74) is 4.19. The van der Waals surface area contributed by atoms with Gasteiger partial charge in [-0.2, -0.15) is 0 Å². The Morgan fingerprint density at radius 3 is 2.28 bits per heavy atom. The molecule has 1 aliphatic rings. The molecule has 0 atom stereocenters. The number of aryl methyl sites for hydroxylation is 1. The van der Waals surface area contributed by atoms with Gasteiger partial charge in [-0.15, -0.1) is 0 Å². The zero-order valence-corrected chi connectivity index (χ0v) is 18.8. The summed E-state index contributed by atoms with van der Waals surface area (Å²) in [4.78, 5) is 25.2. The highest BCUT2D eigenvalue weighted by molar-refractivity contribution is 6.14. The number of allylic oxidation sites excluding steroid dienone is 1. The first kappa shape index (κ1) is 21.6. The Morgan fingerprint density at radius 1 is 0.969 bits per heavy atom. The quantitative estimate of drug-likeness (QED) is 0.276. The summed E-state index contributed by atoms with van der Waals surface area (Å²) in [5, 5.41) is 0. The van der Waals surface area contributed by atoms with Crippen LogP contribution in [0.5, 0.6) is 11.5 Å². The molecule has 0 radical (unpaired) electrons. The molecule has 32 heavy (non-hydrogen) atoms. The Labute approximate surface area is 188 Å². The van der Waals surface area contributed by atoms with Gasteiger partial charge in [-0.3, -0.25) is 4.79 Å². The summed E-state index contributed by atoms with van der Waals surface area (Å²) in [7, 11) is 0. The van der Waals surface area contributed by atoms with E-state index in [1.54, 1.807) is 36.4 Å². The molecule has 3 aromatic carbocycles. The lowest BCUT2D eigenvalue weighted by atomic mass is 9.87. The topological polar surface area (TPSA) is 52.6 Å². The predicted octanol–water partition coefficient (Wildman–Crippen LogP) is 6.38. The molecule has 162 valence electrons. The summed E-state index contributed by atoms with van der Waals surface area (Å²) < 4.78 is 11.3. The lowest BCUT2D eigenvalue weighted by Crippen LogP contribution is -2.12. The van der Waals surface area contributed by atoms with Gasteiger partial charge < -0.3 is 9.47 Å². The van der Waals surface area contributed by atoms with E-state index in [9.17, 15) is 9.59 Å². The van der Waals surface area contributed by atoms with Crippen LogP contribution >= 0.6 is 0 Å². The summed E-state index contributed by atoms with van der Waals surface area (Å²) in [5.74, 6) is 0.331. The van der Waals surface area contributed by atoms with Crippen molar-refractivity contribution < 1.29 is 19.1 Å². The molecule has 0 amide bonds. The second kappa shape index (κ2) is 8.46. The van der Waals surface area contributed by atoms with Gasteiger partial charge in [0.05, 0.1) is 11.1 Å². The van der Waals surface area contributed by atoms with E-state index in [2.05, 4.69) is 27.7 Å². The zero-order chi connectivity index (χ0) is 22.9. The molecule has 1 aliphatic heterocycles. The molecule has 4 heteroatoms. The number of carbonyl (C=O) groups is 2. The largest absolute Gasteiger partial charge is 0.452 e. The summed E-state index contributed by atoms with van der Waals surface area (Å²) in [6.45, 7) is 8.46. The van der Waals surface area contributed by atoms with Crippen molar-refractivity contribution in [3.05, 3.63) is 100 Å². The number of ketones is 1. The van der Waals surface area contributed by atoms with Crippen LogP contribution in [0.1, 0.15) is 65.1 Å². The highest BCUT2D eigenvalue weighted by atomic mass is 16.5. The minimum Gasteiger partial charge on any atom is -0.452 e. The summed E-state index contributed by atoms with van der Waals surface area (Å²) >= 11 is 0.